The molecule has 0 aliphatic carbocycles. The smallest absolute Gasteiger partial charge is 0.124 e. The fourth-order valence-corrected chi connectivity index (χ4v) is 3.95. The lowest BCUT2D eigenvalue weighted by molar-refractivity contribution is 0.0820. The molecule has 0 bridgehead atoms. The van der Waals surface area contributed by atoms with E-state index in [4.69, 9.17) is 9.72 Å². The van der Waals surface area contributed by atoms with Crippen LogP contribution in [0.1, 0.15) is 83.2 Å². The number of hydrogen-bond acceptors (Lipinski definition) is 2. The van der Waals surface area contributed by atoms with Crippen LogP contribution in [-0.2, 0) is 17.9 Å². The predicted molar refractivity (Wildman–Crippen MR) is 112 cm³/mol. The van der Waals surface area contributed by atoms with Crippen molar-refractivity contribution in [3.8, 4) is 0 Å². The summed E-state index contributed by atoms with van der Waals surface area (Å²) in [4.78, 5) is 4.86. The third-order valence-corrected chi connectivity index (χ3v) is 6.58. The highest BCUT2D eigenvalue weighted by atomic mass is 28.3. The van der Waals surface area contributed by atoms with Gasteiger partial charge in [-0.25, -0.2) is 4.98 Å². The number of hydrogen-bond donors (Lipinski definition) is 0. The first kappa shape index (κ1) is 22.4. The summed E-state index contributed by atoms with van der Waals surface area (Å²) in [6.07, 6.45) is 12.0. The zero-order valence-electron chi connectivity index (χ0n) is 17.7. The second-order valence-corrected chi connectivity index (χ2v) is 14.2. The Morgan fingerprint density at radius 1 is 1.04 bits per heavy atom. The van der Waals surface area contributed by atoms with E-state index in [1.807, 2.05) is 0 Å². The largest absolute Gasteiger partial charge is 0.361 e. The Hall–Kier alpha value is -0.613. The molecule has 1 aromatic rings. The van der Waals surface area contributed by atoms with Crippen molar-refractivity contribution in [2.45, 2.75) is 110 Å². The maximum atomic E-state index is 6.11. The summed E-state index contributed by atoms with van der Waals surface area (Å²) in [6.45, 7) is 15.6. The molecule has 1 unspecified atom stereocenters. The Balaban J connectivity index is 2.85. The van der Waals surface area contributed by atoms with Crippen molar-refractivity contribution in [3.63, 3.8) is 0 Å². The Kier molecular flexibility index (Phi) is 10.7. The summed E-state index contributed by atoms with van der Waals surface area (Å²) in [5, 5.41) is 0. The lowest BCUT2D eigenvalue weighted by Crippen LogP contribution is -2.22. The number of imidazole rings is 1. The van der Waals surface area contributed by atoms with Crippen molar-refractivity contribution in [2.75, 3.05) is 6.61 Å². The molecule has 0 aromatic carbocycles. The minimum atomic E-state index is -1.03. The molecule has 1 atom stereocenters. The average Bonchev–Trinajstić information content (AvgIpc) is 2.95. The van der Waals surface area contributed by atoms with Gasteiger partial charge in [0.1, 0.15) is 12.6 Å². The third kappa shape index (κ3) is 8.54. The summed E-state index contributed by atoms with van der Waals surface area (Å²) in [5.41, 5.74) is 1.36. The molecule has 0 N–H and O–H groups in total. The van der Waals surface area contributed by atoms with Crippen LogP contribution in [0.5, 0.6) is 0 Å². The van der Waals surface area contributed by atoms with Gasteiger partial charge in [-0.1, -0.05) is 66.1 Å². The van der Waals surface area contributed by atoms with Crippen molar-refractivity contribution < 1.29 is 4.74 Å². The molecule has 146 valence electrons. The van der Waals surface area contributed by atoms with Gasteiger partial charge in [-0.15, -0.1) is 0 Å². The molecule has 1 heterocycles. The molecule has 1 aromatic heterocycles. The molecule has 3 nitrogen and oxygen atoms in total. The molecule has 0 aliphatic heterocycles. The van der Waals surface area contributed by atoms with Crippen LogP contribution in [0.25, 0.3) is 0 Å². The minimum absolute atomic E-state index is 0.584. The molecule has 0 radical (unpaired) electrons. The van der Waals surface area contributed by atoms with Crippen LogP contribution in [-0.4, -0.2) is 24.2 Å². The van der Waals surface area contributed by atoms with E-state index in [1.165, 1.54) is 62.5 Å². The highest BCUT2D eigenvalue weighted by Crippen LogP contribution is 2.27. The minimum Gasteiger partial charge on any atom is -0.361 e. The van der Waals surface area contributed by atoms with Gasteiger partial charge >= 0.3 is 0 Å². The van der Waals surface area contributed by atoms with Gasteiger partial charge < -0.3 is 9.30 Å². The molecule has 4 heteroatoms. The SMILES string of the molecule is CCCCc1cnc(C(CCC)CCCC)n1COCC[Si](C)(C)C. The van der Waals surface area contributed by atoms with Crippen LogP contribution in [0.3, 0.4) is 0 Å². The van der Waals surface area contributed by atoms with Crippen molar-refractivity contribution >= 4 is 8.07 Å². The number of unbranched alkanes of at least 4 members (excludes halogenated alkanes) is 2. The van der Waals surface area contributed by atoms with Gasteiger partial charge in [0.2, 0.25) is 0 Å². The molecule has 0 aliphatic rings. The lowest BCUT2D eigenvalue weighted by atomic mass is 9.96. The molecular formula is C21H42N2OSi. The number of nitrogens with zero attached hydrogens (tertiary/aromatic N) is 2. The van der Waals surface area contributed by atoms with Gasteiger partial charge in [0.15, 0.2) is 0 Å². The van der Waals surface area contributed by atoms with Crippen LogP contribution in [0.15, 0.2) is 6.20 Å². The maximum absolute atomic E-state index is 6.11. The van der Waals surface area contributed by atoms with E-state index in [1.54, 1.807) is 0 Å². The predicted octanol–water partition coefficient (Wildman–Crippen LogP) is 6.61. The third-order valence-electron chi connectivity index (χ3n) is 4.88. The van der Waals surface area contributed by atoms with Gasteiger partial charge in [0, 0.05) is 32.5 Å². The number of aryl methyl sites for hydroxylation is 1. The normalized spacial score (nSPS) is 13.4. The van der Waals surface area contributed by atoms with E-state index in [9.17, 15) is 0 Å². The van der Waals surface area contributed by atoms with Gasteiger partial charge in [0.05, 0.1) is 0 Å². The van der Waals surface area contributed by atoms with Crippen molar-refractivity contribution in [2.24, 2.45) is 0 Å². The summed E-state index contributed by atoms with van der Waals surface area (Å²) in [5.74, 6) is 1.86. The second kappa shape index (κ2) is 11.9. The van der Waals surface area contributed by atoms with E-state index in [0.29, 0.717) is 12.6 Å². The molecule has 0 spiro atoms. The fourth-order valence-electron chi connectivity index (χ4n) is 3.20. The van der Waals surface area contributed by atoms with Crippen LogP contribution in [0.2, 0.25) is 25.7 Å². The molecule has 1 rings (SSSR count). The number of ether oxygens (including phenoxy) is 1. The van der Waals surface area contributed by atoms with Gasteiger partial charge in [-0.05, 0) is 31.7 Å². The topological polar surface area (TPSA) is 27.1 Å². The highest BCUT2D eigenvalue weighted by Gasteiger charge is 2.19. The summed E-state index contributed by atoms with van der Waals surface area (Å²) in [7, 11) is -1.03. The maximum Gasteiger partial charge on any atom is 0.124 e. The van der Waals surface area contributed by atoms with Gasteiger partial charge in [-0.3, -0.25) is 0 Å². The Morgan fingerprint density at radius 3 is 2.36 bits per heavy atom. The van der Waals surface area contributed by atoms with Crippen molar-refractivity contribution in [3.05, 3.63) is 17.7 Å². The Labute approximate surface area is 157 Å². The second-order valence-electron chi connectivity index (χ2n) is 8.62. The highest BCUT2D eigenvalue weighted by molar-refractivity contribution is 6.76. The monoisotopic (exact) mass is 366 g/mol. The standard InChI is InChI=1S/C21H42N2OSi/c1-7-10-13-19(12-9-3)21-22-17-20(14-11-8-2)23(21)18-24-15-16-25(4,5)6/h17,19H,7-16,18H2,1-6H3. The van der Waals surface area contributed by atoms with Crippen LogP contribution < -0.4 is 0 Å². The quantitative estimate of drug-likeness (QED) is 0.273. The van der Waals surface area contributed by atoms with Crippen molar-refractivity contribution in [1.82, 2.24) is 9.55 Å². The van der Waals surface area contributed by atoms with E-state index in [2.05, 4.69) is 51.2 Å². The molecule has 0 fully saturated rings. The average molecular weight is 367 g/mol. The van der Waals surface area contributed by atoms with E-state index >= 15 is 0 Å². The van der Waals surface area contributed by atoms with E-state index in [0.717, 1.165) is 13.0 Å². The van der Waals surface area contributed by atoms with E-state index < -0.39 is 8.07 Å². The number of aromatic nitrogens is 2. The number of rotatable bonds is 14. The first-order valence-corrected chi connectivity index (χ1v) is 14.3. The Bertz CT molecular complexity index is 465. The molecular weight excluding hydrogens is 324 g/mol. The molecule has 25 heavy (non-hydrogen) atoms. The summed E-state index contributed by atoms with van der Waals surface area (Å²) >= 11 is 0. The van der Waals surface area contributed by atoms with Crippen LogP contribution >= 0.6 is 0 Å². The summed E-state index contributed by atoms with van der Waals surface area (Å²) in [6, 6.07) is 1.23. The summed E-state index contributed by atoms with van der Waals surface area (Å²) < 4.78 is 8.50. The molecule has 0 saturated carbocycles. The van der Waals surface area contributed by atoms with E-state index in [-0.39, 0.29) is 0 Å². The van der Waals surface area contributed by atoms with Crippen LogP contribution in [0, 0.1) is 0 Å². The first-order chi connectivity index (χ1) is 11.9. The molecule has 0 saturated heterocycles. The first-order valence-electron chi connectivity index (χ1n) is 10.5. The zero-order valence-corrected chi connectivity index (χ0v) is 18.7. The van der Waals surface area contributed by atoms with Crippen molar-refractivity contribution in [1.29, 1.82) is 0 Å². The van der Waals surface area contributed by atoms with Gasteiger partial charge in [0.25, 0.3) is 0 Å². The zero-order chi connectivity index (χ0) is 18.7. The van der Waals surface area contributed by atoms with Gasteiger partial charge in [-0.2, -0.15) is 0 Å². The van der Waals surface area contributed by atoms with Crippen LogP contribution in [0.4, 0.5) is 0 Å². The molecule has 0 amide bonds. The lowest BCUT2D eigenvalue weighted by Gasteiger charge is -2.20. The Morgan fingerprint density at radius 2 is 1.76 bits per heavy atom. The fraction of sp³-hybridized carbons (Fsp3) is 0.857.